The number of benzene rings is 1. The van der Waals surface area contributed by atoms with E-state index >= 15 is 0 Å². The molecule has 1 saturated heterocycles. The molecular weight excluding hydrogens is 396 g/mol. The van der Waals surface area contributed by atoms with Crippen LogP contribution in [0.4, 0.5) is 0 Å². The molecule has 0 radical (unpaired) electrons. The summed E-state index contributed by atoms with van der Waals surface area (Å²) < 4.78 is 10.6. The minimum atomic E-state index is -0.857. The summed E-state index contributed by atoms with van der Waals surface area (Å²) >= 11 is 0. The maximum Gasteiger partial charge on any atom is 0.309 e. The minimum absolute atomic E-state index is 0.0468. The van der Waals surface area contributed by atoms with Crippen molar-refractivity contribution in [2.24, 2.45) is 5.92 Å². The van der Waals surface area contributed by atoms with Gasteiger partial charge in [0.15, 0.2) is 11.9 Å². The average Bonchev–Trinajstić information content (AvgIpc) is 3.34. The van der Waals surface area contributed by atoms with Crippen molar-refractivity contribution in [3.8, 4) is 0 Å². The van der Waals surface area contributed by atoms with Crippen molar-refractivity contribution in [3.63, 3.8) is 0 Å². The van der Waals surface area contributed by atoms with Crippen molar-refractivity contribution in [1.82, 2.24) is 10.2 Å². The summed E-state index contributed by atoms with van der Waals surface area (Å²) in [6.07, 6.45) is 4.55. The first-order valence-electron chi connectivity index (χ1n) is 10.9. The van der Waals surface area contributed by atoms with Gasteiger partial charge in [0, 0.05) is 13.1 Å². The third-order valence-electron chi connectivity index (χ3n) is 6.20. The van der Waals surface area contributed by atoms with E-state index in [0.29, 0.717) is 31.7 Å². The smallest absolute Gasteiger partial charge is 0.309 e. The molecule has 31 heavy (non-hydrogen) atoms. The number of hydrogen-bond acceptors (Lipinski definition) is 5. The van der Waals surface area contributed by atoms with Gasteiger partial charge in [-0.3, -0.25) is 14.4 Å². The molecule has 1 aromatic heterocycles. The zero-order valence-corrected chi connectivity index (χ0v) is 17.7. The lowest BCUT2D eigenvalue weighted by molar-refractivity contribution is -0.160. The van der Waals surface area contributed by atoms with Gasteiger partial charge in [0.1, 0.15) is 0 Å². The SMILES string of the molecule is CC(OC(=O)C1CCN(C(=O)c2ccco2)CC1)C(=O)NC1CCCc2ccccc21. The summed E-state index contributed by atoms with van der Waals surface area (Å²) in [5, 5.41) is 3.04. The number of carbonyl (C=O) groups excluding carboxylic acids is 3. The van der Waals surface area contributed by atoms with E-state index in [2.05, 4.69) is 11.4 Å². The van der Waals surface area contributed by atoms with E-state index in [1.165, 1.54) is 11.8 Å². The molecule has 4 rings (SSSR count). The Hall–Kier alpha value is -3.09. The summed E-state index contributed by atoms with van der Waals surface area (Å²) in [4.78, 5) is 39.3. The van der Waals surface area contributed by atoms with Crippen LogP contribution in [-0.4, -0.2) is 41.9 Å². The number of likely N-dealkylation sites (tertiary alicyclic amines) is 1. The van der Waals surface area contributed by atoms with Gasteiger partial charge in [0.05, 0.1) is 18.2 Å². The first-order valence-corrected chi connectivity index (χ1v) is 10.9. The molecule has 1 aliphatic carbocycles. The number of fused-ring (bicyclic) bond motifs is 1. The third-order valence-corrected chi connectivity index (χ3v) is 6.20. The number of nitrogens with one attached hydrogen (secondary N) is 1. The predicted octanol–water partition coefficient (Wildman–Crippen LogP) is 3.26. The fraction of sp³-hybridized carbons (Fsp3) is 0.458. The van der Waals surface area contributed by atoms with Crippen molar-refractivity contribution in [2.45, 2.75) is 51.2 Å². The highest BCUT2D eigenvalue weighted by Crippen LogP contribution is 2.29. The van der Waals surface area contributed by atoms with Gasteiger partial charge in [0.25, 0.3) is 11.8 Å². The molecule has 2 aliphatic rings. The Morgan fingerprint density at radius 2 is 1.87 bits per heavy atom. The van der Waals surface area contributed by atoms with Gasteiger partial charge in [-0.05, 0) is 62.3 Å². The van der Waals surface area contributed by atoms with Crippen LogP contribution in [0.2, 0.25) is 0 Å². The molecule has 1 aromatic carbocycles. The molecule has 0 saturated carbocycles. The van der Waals surface area contributed by atoms with Crippen LogP contribution in [0.15, 0.2) is 47.1 Å². The van der Waals surface area contributed by atoms with Gasteiger partial charge >= 0.3 is 5.97 Å². The highest BCUT2D eigenvalue weighted by molar-refractivity contribution is 5.91. The monoisotopic (exact) mass is 424 g/mol. The number of carbonyl (C=O) groups is 3. The van der Waals surface area contributed by atoms with Crippen molar-refractivity contribution in [2.75, 3.05) is 13.1 Å². The standard InChI is InChI=1S/C24H28N2O5/c1-16(22(27)25-20-9-4-7-17-6-2-3-8-19(17)20)31-24(29)18-11-13-26(14-12-18)23(28)21-10-5-15-30-21/h2-3,5-6,8,10,15-16,18,20H,4,7,9,11-14H2,1H3,(H,25,27). The third kappa shape index (κ3) is 4.81. The zero-order chi connectivity index (χ0) is 21.8. The zero-order valence-electron chi connectivity index (χ0n) is 17.7. The van der Waals surface area contributed by atoms with Gasteiger partial charge in [-0.25, -0.2) is 0 Å². The van der Waals surface area contributed by atoms with E-state index in [0.717, 1.165) is 24.8 Å². The summed E-state index contributed by atoms with van der Waals surface area (Å²) in [5.74, 6) is -0.837. The number of aryl methyl sites for hydroxylation is 1. The summed E-state index contributed by atoms with van der Waals surface area (Å²) in [5.41, 5.74) is 2.41. The Bertz CT molecular complexity index is 931. The average molecular weight is 424 g/mol. The van der Waals surface area contributed by atoms with E-state index in [9.17, 15) is 14.4 Å². The topological polar surface area (TPSA) is 88.8 Å². The van der Waals surface area contributed by atoms with E-state index in [1.807, 2.05) is 18.2 Å². The van der Waals surface area contributed by atoms with Crippen LogP contribution in [-0.2, 0) is 20.7 Å². The Morgan fingerprint density at radius 3 is 2.61 bits per heavy atom. The number of nitrogens with zero attached hydrogens (tertiary/aromatic N) is 1. The molecule has 2 amide bonds. The van der Waals surface area contributed by atoms with Gasteiger partial charge in [-0.2, -0.15) is 0 Å². The number of rotatable bonds is 5. The molecule has 1 fully saturated rings. The van der Waals surface area contributed by atoms with Crippen molar-refractivity contribution in [1.29, 1.82) is 0 Å². The fourth-order valence-corrected chi connectivity index (χ4v) is 4.39. The first kappa shape index (κ1) is 21.2. The van der Waals surface area contributed by atoms with Crippen LogP contribution in [0, 0.1) is 5.92 Å². The maximum absolute atomic E-state index is 12.7. The lowest BCUT2D eigenvalue weighted by Crippen LogP contribution is -2.43. The predicted molar refractivity (Wildman–Crippen MR) is 113 cm³/mol. The Morgan fingerprint density at radius 1 is 1.10 bits per heavy atom. The van der Waals surface area contributed by atoms with Crippen molar-refractivity contribution >= 4 is 17.8 Å². The second-order valence-corrected chi connectivity index (χ2v) is 8.28. The van der Waals surface area contributed by atoms with E-state index in [-0.39, 0.29) is 29.7 Å². The lowest BCUT2D eigenvalue weighted by atomic mass is 9.87. The van der Waals surface area contributed by atoms with Crippen LogP contribution in [0.1, 0.15) is 60.3 Å². The second-order valence-electron chi connectivity index (χ2n) is 8.28. The number of piperidine rings is 1. The second kappa shape index (κ2) is 9.37. The summed E-state index contributed by atoms with van der Waals surface area (Å²) in [6, 6.07) is 11.4. The van der Waals surface area contributed by atoms with Gasteiger partial charge in [-0.1, -0.05) is 24.3 Å². The number of hydrogen-bond donors (Lipinski definition) is 1. The van der Waals surface area contributed by atoms with Crippen LogP contribution < -0.4 is 5.32 Å². The molecule has 7 nitrogen and oxygen atoms in total. The Labute approximate surface area is 181 Å². The Kier molecular flexibility index (Phi) is 6.39. The normalized spacial score (nSPS) is 19.9. The number of esters is 1. The number of amides is 2. The van der Waals surface area contributed by atoms with Crippen LogP contribution in [0.3, 0.4) is 0 Å². The van der Waals surface area contributed by atoms with Crippen molar-refractivity contribution in [3.05, 3.63) is 59.5 Å². The van der Waals surface area contributed by atoms with Crippen LogP contribution in [0.5, 0.6) is 0 Å². The van der Waals surface area contributed by atoms with E-state index in [4.69, 9.17) is 9.15 Å². The molecular formula is C24H28N2O5. The fourth-order valence-electron chi connectivity index (χ4n) is 4.39. The van der Waals surface area contributed by atoms with Gasteiger partial charge in [0.2, 0.25) is 0 Å². The van der Waals surface area contributed by atoms with Gasteiger partial charge < -0.3 is 19.4 Å². The van der Waals surface area contributed by atoms with Gasteiger partial charge in [-0.15, -0.1) is 0 Å². The summed E-state index contributed by atoms with van der Waals surface area (Å²) in [6.45, 7) is 2.52. The minimum Gasteiger partial charge on any atom is -0.459 e. The molecule has 1 N–H and O–H groups in total. The van der Waals surface area contributed by atoms with E-state index < -0.39 is 6.10 Å². The molecule has 164 valence electrons. The highest BCUT2D eigenvalue weighted by atomic mass is 16.5. The molecule has 2 aromatic rings. The number of furan rings is 1. The number of ether oxygens (including phenoxy) is 1. The molecule has 2 heterocycles. The molecule has 0 spiro atoms. The van der Waals surface area contributed by atoms with Crippen molar-refractivity contribution < 1.29 is 23.5 Å². The summed E-state index contributed by atoms with van der Waals surface area (Å²) in [7, 11) is 0. The molecule has 0 bridgehead atoms. The lowest BCUT2D eigenvalue weighted by Gasteiger charge is -2.31. The van der Waals surface area contributed by atoms with E-state index in [1.54, 1.807) is 24.0 Å². The van der Waals surface area contributed by atoms with Crippen LogP contribution >= 0.6 is 0 Å². The molecule has 1 aliphatic heterocycles. The molecule has 7 heteroatoms. The Balaban J connectivity index is 1.26. The highest BCUT2D eigenvalue weighted by Gasteiger charge is 2.32. The largest absolute Gasteiger partial charge is 0.459 e. The molecule has 2 atom stereocenters. The first-order chi connectivity index (χ1) is 15.0. The quantitative estimate of drug-likeness (QED) is 0.745. The van der Waals surface area contributed by atoms with Crippen LogP contribution in [0.25, 0.3) is 0 Å². The maximum atomic E-state index is 12.7. The molecule has 2 unspecified atom stereocenters.